The van der Waals surface area contributed by atoms with E-state index < -0.39 is 6.10 Å². The molecule has 1 fully saturated rings. The van der Waals surface area contributed by atoms with Crippen molar-refractivity contribution in [1.82, 2.24) is 24.8 Å². The monoisotopic (exact) mass is 378 g/mol. The lowest BCUT2D eigenvalue weighted by molar-refractivity contribution is -0.120. The van der Waals surface area contributed by atoms with Crippen LogP contribution in [0.4, 0.5) is 5.82 Å². The highest BCUT2D eigenvalue weighted by atomic mass is 16.3. The smallest absolute Gasteiger partial charge is 0.221 e. The number of nitrogens with zero attached hydrogens (tertiary/aromatic N) is 5. The van der Waals surface area contributed by atoms with Crippen molar-refractivity contribution in [2.24, 2.45) is 0 Å². The van der Waals surface area contributed by atoms with Crippen molar-refractivity contribution in [2.45, 2.75) is 31.4 Å². The first-order valence-corrected chi connectivity index (χ1v) is 9.67. The summed E-state index contributed by atoms with van der Waals surface area (Å²) >= 11 is 0. The molecule has 8 heteroatoms. The van der Waals surface area contributed by atoms with Crippen LogP contribution < -0.4 is 10.2 Å². The van der Waals surface area contributed by atoms with Crippen molar-refractivity contribution in [2.75, 3.05) is 24.5 Å². The molecule has 2 atom stereocenters. The van der Waals surface area contributed by atoms with Gasteiger partial charge in [0.15, 0.2) is 17.0 Å². The first kappa shape index (κ1) is 17.1. The van der Waals surface area contributed by atoms with Crippen LogP contribution >= 0.6 is 0 Å². The first-order valence-electron chi connectivity index (χ1n) is 9.67. The van der Waals surface area contributed by atoms with Gasteiger partial charge in [0.1, 0.15) is 6.33 Å². The lowest BCUT2D eigenvalue weighted by Crippen LogP contribution is -2.30. The maximum Gasteiger partial charge on any atom is 0.221 e. The second kappa shape index (κ2) is 6.87. The molecule has 3 aromatic rings. The van der Waals surface area contributed by atoms with Gasteiger partial charge in [-0.05, 0) is 24.0 Å². The molecule has 0 spiro atoms. The summed E-state index contributed by atoms with van der Waals surface area (Å²) < 4.78 is 1.96. The Labute approximate surface area is 162 Å². The van der Waals surface area contributed by atoms with E-state index in [1.807, 2.05) is 16.7 Å². The number of aliphatic hydroxyl groups is 1. The van der Waals surface area contributed by atoms with Crippen molar-refractivity contribution in [1.29, 1.82) is 0 Å². The summed E-state index contributed by atoms with van der Waals surface area (Å²) in [6, 6.07) is 8.02. The normalized spacial score (nSPS) is 22.6. The zero-order valence-electron chi connectivity index (χ0n) is 15.5. The van der Waals surface area contributed by atoms with E-state index in [-0.39, 0.29) is 11.9 Å². The van der Waals surface area contributed by atoms with Gasteiger partial charge < -0.3 is 19.9 Å². The van der Waals surface area contributed by atoms with Crippen LogP contribution in [0, 0.1) is 0 Å². The molecule has 1 aromatic carbocycles. The Morgan fingerprint density at radius 2 is 2.00 bits per heavy atom. The molecule has 0 unspecified atom stereocenters. The van der Waals surface area contributed by atoms with Crippen LogP contribution in [-0.2, 0) is 11.2 Å². The molecule has 1 aliphatic heterocycles. The maximum atomic E-state index is 11.7. The number of nitrogens with one attached hydrogen (secondary N) is 1. The van der Waals surface area contributed by atoms with Gasteiger partial charge in [-0.25, -0.2) is 15.0 Å². The van der Waals surface area contributed by atoms with E-state index in [4.69, 9.17) is 0 Å². The number of benzene rings is 1. The second-order valence-electron chi connectivity index (χ2n) is 7.36. The van der Waals surface area contributed by atoms with Gasteiger partial charge in [0.2, 0.25) is 5.91 Å². The zero-order valence-corrected chi connectivity index (χ0v) is 15.5. The summed E-state index contributed by atoms with van der Waals surface area (Å²) in [7, 11) is 0. The summed E-state index contributed by atoms with van der Waals surface area (Å²) in [5.41, 5.74) is 3.78. The number of carbonyl (C=O) groups is 1. The average Bonchev–Trinajstić information content (AvgIpc) is 3.02. The third-order valence-corrected chi connectivity index (χ3v) is 5.70. The van der Waals surface area contributed by atoms with Crippen molar-refractivity contribution in [3.63, 3.8) is 0 Å². The predicted octanol–water partition coefficient (Wildman–Crippen LogP) is 1.05. The topological polar surface area (TPSA) is 96.2 Å². The van der Waals surface area contributed by atoms with Crippen molar-refractivity contribution < 1.29 is 9.90 Å². The van der Waals surface area contributed by atoms with E-state index in [1.54, 1.807) is 6.33 Å². The molecule has 2 aromatic heterocycles. The van der Waals surface area contributed by atoms with E-state index in [9.17, 15) is 9.90 Å². The zero-order chi connectivity index (χ0) is 19.1. The van der Waals surface area contributed by atoms with Gasteiger partial charge >= 0.3 is 0 Å². The molecule has 0 saturated carbocycles. The Balaban J connectivity index is 1.59. The summed E-state index contributed by atoms with van der Waals surface area (Å²) in [4.78, 5) is 27.3. The van der Waals surface area contributed by atoms with E-state index in [0.29, 0.717) is 43.6 Å². The highest BCUT2D eigenvalue weighted by Gasteiger charge is 2.31. The van der Waals surface area contributed by atoms with E-state index in [0.717, 1.165) is 17.8 Å². The molecule has 8 nitrogen and oxygen atoms in total. The third-order valence-electron chi connectivity index (χ3n) is 5.70. The molecular weight excluding hydrogens is 356 g/mol. The first-order chi connectivity index (χ1) is 13.7. The van der Waals surface area contributed by atoms with Crippen LogP contribution in [0.1, 0.15) is 30.0 Å². The van der Waals surface area contributed by atoms with Gasteiger partial charge in [-0.3, -0.25) is 4.79 Å². The van der Waals surface area contributed by atoms with Crippen molar-refractivity contribution in [3.05, 3.63) is 48.0 Å². The molecule has 1 amide bonds. The van der Waals surface area contributed by atoms with Gasteiger partial charge in [-0.15, -0.1) is 0 Å². The van der Waals surface area contributed by atoms with Crippen molar-refractivity contribution >= 4 is 22.9 Å². The highest BCUT2D eigenvalue weighted by molar-refractivity contribution is 5.84. The number of aromatic nitrogens is 4. The van der Waals surface area contributed by atoms with Crippen molar-refractivity contribution in [3.8, 4) is 0 Å². The summed E-state index contributed by atoms with van der Waals surface area (Å²) in [5.74, 6) is 0.791. The number of hydrogen-bond donors (Lipinski definition) is 2. The largest absolute Gasteiger partial charge is 0.391 e. The summed E-state index contributed by atoms with van der Waals surface area (Å²) in [6.07, 6.45) is 4.80. The number of anilines is 1. The molecule has 144 valence electrons. The Morgan fingerprint density at radius 1 is 1.11 bits per heavy atom. The predicted molar refractivity (Wildman–Crippen MR) is 104 cm³/mol. The van der Waals surface area contributed by atoms with Crippen LogP contribution in [0.3, 0.4) is 0 Å². The molecule has 3 heterocycles. The number of aliphatic hydroxyl groups excluding tert-OH is 1. The minimum Gasteiger partial charge on any atom is -0.391 e. The fourth-order valence-corrected chi connectivity index (χ4v) is 4.31. The van der Waals surface area contributed by atoms with Crippen LogP contribution in [0.5, 0.6) is 0 Å². The molecule has 2 N–H and O–H groups in total. The van der Waals surface area contributed by atoms with Gasteiger partial charge in [0.05, 0.1) is 18.5 Å². The molecule has 2 aliphatic rings. The minimum absolute atomic E-state index is 0.0558. The van der Waals surface area contributed by atoms with E-state index >= 15 is 0 Å². The quantitative estimate of drug-likeness (QED) is 0.692. The Morgan fingerprint density at radius 3 is 2.93 bits per heavy atom. The number of rotatable bonds is 2. The number of fused-ring (bicyclic) bond motifs is 2. The molecule has 1 saturated heterocycles. The van der Waals surface area contributed by atoms with Crippen LogP contribution in [0.2, 0.25) is 0 Å². The van der Waals surface area contributed by atoms with Gasteiger partial charge in [0, 0.05) is 26.1 Å². The standard InChI is InChI=1S/C20H22N6O2/c27-15-6-5-13-3-1-2-4-14(13)18(15)26-12-24-17-19(22-11-23-20(17)26)25-9-7-16(28)21-8-10-25/h1-4,11-12,15,18,27H,5-10H2,(H,21,28)/t15-,18+/m1/s1. The fraction of sp³-hybridized carbons (Fsp3) is 0.400. The van der Waals surface area contributed by atoms with E-state index in [1.165, 1.54) is 11.9 Å². The Bertz CT molecular complexity index is 1030. The third kappa shape index (κ3) is 2.80. The number of imidazole rings is 1. The lowest BCUT2D eigenvalue weighted by atomic mass is 9.85. The fourth-order valence-electron chi connectivity index (χ4n) is 4.31. The molecular formula is C20H22N6O2. The molecule has 28 heavy (non-hydrogen) atoms. The SMILES string of the molecule is O=C1CCN(c2ncnc3c2ncn3[C@H]2c3ccccc3CC[C@H]2O)CCN1. The van der Waals surface area contributed by atoms with Gasteiger partial charge in [0.25, 0.3) is 0 Å². The Kier molecular flexibility index (Phi) is 4.20. The van der Waals surface area contributed by atoms with Crippen LogP contribution in [-0.4, -0.2) is 56.3 Å². The molecule has 0 radical (unpaired) electrons. The molecule has 5 rings (SSSR count). The Hall–Kier alpha value is -3.00. The average molecular weight is 378 g/mol. The van der Waals surface area contributed by atoms with E-state index in [2.05, 4.69) is 37.3 Å². The summed E-state index contributed by atoms with van der Waals surface area (Å²) in [6.45, 7) is 1.86. The maximum absolute atomic E-state index is 11.7. The summed E-state index contributed by atoms with van der Waals surface area (Å²) in [5, 5.41) is 13.7. The number of hydrogen-bond acceptors (Lipinski definition) is 6. The number of carbonyl (C=O) groups excluding carboxylic acids is 1. The second-order valence-corrected chi connectivity index (χ2v) is 7.36. The molecule has 0 bridgehead atoms. The minimum atomic E-state index is -0.495. The van der Waals surface area contributed by atoms with Gasteiger partial charge in [-0.1, -0.05) is 24.3 Å². The molecule has 1 aliphatic carbocycles. The number of aryl methyl sites for hydroxylation is 1. The van der Waals surface area contributed by atoms with Crippen LogP contribution in [0.25, 0.3) is 11.2 Å². The van der Waals surface area contributed by atoms with Gasteiger partial charge in [-0.2, -0.15) is 0 Å². The lowest BCUT2D eigenvalue weighted by Gasteiger charge is -2.31. The number of amides is 1. The highest BCUT2D eigenvalue weighted by Crippen LogP contribution is 2.35. The van der Waals surface area contributed by atoms with Crippen LogP contribution in [0.15, 0.2) is 36.9 Å².